The van der Waals surface area contributed by atoms with E-state index in [0.29, 0.717) is 25.1 Å². The lowest BCUT2D eigenvalue weighted by atomic mass is 9.99. The molecular formula is C15H17F3N6O3. The van der Waals surface area contributed by atoms with E-state index in [2.05, 4.69) is 22.0 Å². The van der Waals surface area contributed by atoms with Gasteiger partial charge in [-0.25, -0.2) is 9.67 Å². The quantitative estimate of drug-likeness (QED) is 0.588. The molecule has 2 aromatic heterocycles. The van der Waals surface area contributed by atoms with Gasteiger partial charge in [0, 0.05) is 26.2 Å². The van der Waals surface area contributed by atoms with Crippen molar-refractivity contribution >= 4 is 11.5 Å². The Bertz CT molecular complexity index is 846. The molecule has 3 heterocycles. The number of ether oxygens (including phenoxy) is 1. The SMILES string of the molecule is CC1CCN(c2ncnc(Oc3cc(C(F)(F)F)nn3C)c2[N+](=O)[O-])CC1. The monoisotopic (exact) mass is 386 g/mol. The van der Waals surface area contributed by atoms with Crippen LogP contribution in [0.4, 0.5) is 24.7 Å². The van der Waals surface area contributed by atoms with Crippen LogP contribution >= 0.6 is 0 Å². The average Bonchev–Trinajstić information content (AvgIpc) is 2.96. The van der Waals surface area contributed by atoms with Crippen molar-refractivity contribution in [1.82, 2.24) is 19.7 Å². The zero-order valence-corrected chi connectivity index (χ0v) is 14.6. The number of anilines is 1. The van der Waals surface area contributed by atoms with Crippen molar-refractivity contribution in [2.24, 2.45) is 13.0 Å². The van der Waals surface area contributed by atoms with Crippen LogP contribution in [0.3, 0.4) is 0 Å². The van der Waals surface area contributed by atoms with Gasteiger partial charge in [0.1, 0.15) is 6.33 Å². The third-order valence-electron chi connectivity index (χ3n) is 4.36. The summed E-state index contributed by atoms with van der Waals surface area (Å²) in [6.45, 7) is 3.27. The number of halogens is 3. The normalized spacial score (nSPS) is 15.8. The predicted molar refractivity (Wildman–Crippen MR) is 87.6 cm³/mol. The third kappa shape index (κ3) is 3.93. The number of rotatable bonds is 4. The van der Waals surface area contributed by atoms with Crippen molar-refractivity contribution in [3.8, 4) is 11.8 Å². The van der Waals surface area contributed by atoms with E-state index in [4.69, 9.17) is 4.74 Å². The van der Waals surface area contributed by atoms with Gasteiger partial charge >= 0.3 is 17.7 Å². The largest absolute Gasteiger partial charge is 0.435 e. The molecule has 0 atom stereocenters. The van der Waals surface area contributed by atoms with Crippen molar-refractivity contribution in [3.05, 3.63) is 28.2 Å². The first-order valence-electron chi connectivity index (χ1n) is 8.20. The maximum Gasteiger partial charge on any atom is 0.435 e. The smallest absolute Gasteiger partial charge is 0.415 e. The molecule has 146 valence electrons. The van der Waals surface area contributed by atoms with E-state index in [1.165, 1.54) is 7.05 Å². The minimum Gasteiger partial charge on any atom is -0.415 e. The Morgan fingerprint density at radius 1 is 1.30 bits per heavy atom. The summed E-state index contributed by atoms with van der Waals surface area (Å²) in [5.74, 6) is -0.147. The first-order valence-corrected chi connectivity index (χ1v) is 8.20. The van der Waals surface area contributed by atoms with Gasteiger partial charge in [0.2, 0.25) is 11.7 Å². The molecule has 0 saturated carbocycles. The molecule has 1 aliphatic heterocycles. The fraction of sp³-hybridized carbons (Fsp3) is 0.533. The second kappa shape index (κ2) is 7.00. The average molecular weight is 386 g/mol. The van der Waals surface area contributed by atoms with Crippen LogP contribution in [0.5, 0.6) is 11.8 Å². The summed E-state index contributed by atoms with van der Waals surface area (Å²) < 4.78 is 44.5. The molecule has 2 aromatic rings. The zero-order valence-electron chi connectivity index (χ0n) is 14.6. The maximum atomic E-state index is 12.8. The van der Waals surface area contributed by atoms with Gasteiger partial charge in [-0.1, -0.05) is 6.92 Å². The van der Waals surface area contributed by atoms with E-state index in [0.717, 1.165) is 23.9 Å². The molecule has 0 radical (unpaired) electrons. The molecule has 0 aliphatic carbocycles. The lowest BCUT2D eigenvalue weighted by molar-refractivity contribution is -0.385. The molecule has 0 amide bonds. The molecule has 0 bridgehead atoms. The van der Waals surface area contributed by atoms with E-state index in [-0.39, 0.29) is 11.7 Å². The molecule has 27 heavy (non-hydrogen) atoms. The van der Waals surface area contributed by atoms with Gasteiger partial charge in [-0.15, -0.1) is 0 Å². The second-order valence-corrected chi connectivity index (χ2v) is 6.37. The van der Waals surface area contributed by atoms with E-state index >= 15 is 0 Å². The van der Waals surface area contributed by atoms with Crippen LogP contribution in [-0.2, 0) is 13.2 Å². The summed E-state index contributed by atoms with van der Waals surface area (Å²) in [5, 5.41) is 14.9. The minimum absolute atomic E-state index is 0.0927. The minimum atomic E-state index is -4.66. The van der Waals surface area contributed by atoms with Gasteiger partial charge in [-0.05, 0) is 18.8 Å². The van der Waals surface area contributed by atoms with Gasteiger partial charge < -0.3 is 9.64 Å². The highest BCUT2D eigenvalue weighted by Gasteiger charge is 2.36. The van der Waals surface area contributed by atoms with Gasteiger partial charge in [0.25, 0.3) is 0 Å². The van der Waals surface area contributed by atoms with Crippen LogP contribution in [-0.4, -0.2) is 37.8 Å². The third-order valence-corrected chi connectivity index (χ3v) is 4.36. The number of piperidine rings is 1. The number of hydrogen-bond donors (Lipinski definition) is 0. The van der Waals surface area contributed by atoms with Crippen molar-refractivity contribution < 1.29 is 22.8 Å². The van der Waals surface area contributed by atoms with Crippen LogP contribution in [0.1, 0.15) is 25.5 Å². The molecule has 0 aromatic carbocycles. The van der Waals surface area contributed by atoms with Gasteiger partial charge in [-0.2, -0.15) is 23.3 Å². The molecule has 12 heteroatoms. The number of nitro groups is 1. The summed E-state index contributed by atoms with van der Waals surface area (Å²) >= 11 is 0. The highest BCUT2D eigenvalue weighted by Crippen LogP contribution is 2.38. The zero-order chi connectivity index (χ0) is 19.8. The summed E-state index contributed by atoms with van der Waals surface area (Å²) in [5.41, 5.74) is -1.65. The van der Waals surface area contributed by atoms with E-state index < -0.39 is 28.4 Å². The van der Waals surface area contributed by atoms with Crippen molar-refractivity contribution in [1.29, 1.82) is 0 Å². The molecule has 1 saturated heterocycles. The number of aromatic nitrogens is 4. The maximum absolute atomic E-state index is 12.8. The van der Waals surface area contributed by atoms with Gasteiger partial charge in [-0.3, -0.25) is 10.1 Å². The van der Waals surface area contributed by atoms with Crippen molar-refractivity contribution in [2.75, 3.05) is 18.0 Å². The fourth-order valence-electron chi connectivity index (χ4n) is 2.82. The van der Waals surface area contributed by atoms with Gasteiger partial charge in [0.05, 0.1) is 4.92 Å². The number of nitrogens with zero attached hydrogens (tertiary/aromatic N) is 6. The van der Waals surface area contributed by atoms with Crippen LogP contribution < -0.4 is 9.64 Å². The first kappa shape index (κ1) is 18.9. The number of alkyl halides is 3. The number of hydrogen-bond acceptors (Lipinski definition) is 7. The number of aryl methyl sites for hydroxylation is 1. The van der Waals surface area contributed by atoms with Crippen LogP contribution in [0.25, 0.3) is 0 Å². The summed E-state index contributed by atoms with van der Waals surface area (Å²) in [4.78, 5) is 20.4. The van der Waals surface area contributed by atoms with Crippen LogP contribution in [0, 0.1) is 16.0 Å². The van der Waals surface area contributed by atoms with Crippen LogP contribution in [0.2, 0.25) is 0 Å². The molecule has 9 nitrogen and oxygen atoms in total. The van der Waals surface area contributed by atoms with Crippen LogP contribution in [0.15, 0.2) is 12.4 Å². The standard InChI is InChI=1S/C15H17F3N6O3/c1-9-3-5-23(6-4-9)13-12(24(25)26)14(20-8-19-13)27-11-7-10(15(16,17)18)21-22(11)2/h7-9H,3-6H2,1-2H3. The van der Waals surface area contributed by atoms with E-state index in [9.17, 15) is 23.3 Å². The Morgan fingerprint density at radius 3 is 2.52 bits per heavy atom. The van der Waals surface area contributed by atoms with Crippen molar-refractivity contribution in [3.63, 3.8) is 0 Å². The van der Waals surface area contributed by atoms with E-state index in [1.54, 1.807) is 4.90 Å². The Balaban J connectivity index is 1.96. The Hall–Kier alpha value is -2.92. The molecular weight excluding hydrogens is 369 g/mol. The summed E-state index contributed by atoms with van der Waals surface area (Å²) in [7, 11) is 1.24. The lowest BCUT2D eigenvalue weighted by Gasteiger charge is -2.30. The first-order chi connectivity index (χ1) is 12.7. The Kier molecular flexibility index (Phi) is 4.89. The lowest BCUT2D eigenvalue weighted by Crippen LogP contribution is -2.34. The molecule has 3 rings (SSSR count). The topological polar surface area (TPSA) is 99.2 Å². The molecule has 1 aliphatic rings. The molecule has 0 spiro atoms. The summed E-state index contributed by atoms with van der Waals surface area (Å²) in [6, 6.07) is 0.661. The molecule has 0 unspecified atom stereocenters. The predicted octanol–water partition coefficient (Wildman–Crippen LogP) is 3.17. The second-order valence-electron chi connectivity index (χ2n) is 6.37. The molecule has 0 N–H and O–H groups in total. The molecule has 1 fully saturated rings. The van der Waals surface area contributed by atoms with E-state index in [1.807, 2.05) is 0 Å². The Morgan fingerprint density at radius 2 is 1.96 bits per heavy atom. The summed E-state index contributed by atoms with van der Waals surface area (Å²) in [6.07, 6.45) is -1.86. The van der Waals surface area contributed by atoms with Gasteiger partial charge in [0.15, 0.2) is 5.69 Å². The highest BCUT2D eigenvalue weighted by atomic mass is 19.4. The highest BCUT2D eigenvalue weighted by molar-refractivity contribution is 5.63. The Labute approximate surface area is 151 Å². The van der Waals surface area contributed by atoms with Crippen molar-refractivity contribution in [2.45, 2.75) is 25.9 Å². The fourth-order valence-corrected chi connectivity index (χ4v) is 2.82.